The predicted molar refractivity (Wildman–Crippen MR) is 155 cm³/mol. The summed E-state index contributed by atoms with van der Waals surface area (Å²) >= 11 is 0. The highest BCUT2D eigenvalue weighted by atomic mass is 15.3. The molecule has 0 saturated carbocycles. The van der Waals surface area contributed by atoms with Gasteiger partial charge in [-0.1, -0.05) is 111 Å². The standard InChI is InChI=1S/C33H39N3/c1-4-28-7-13-31(14-8-28)25-34-19-21-35(26-32-15-9-29(5-2)10-16-32)23-24-36(22-20-34)27-33-17-11-30(6-3)12-18-33/h4-18H,1-3,19-27H2. The summed E-state index contributed by atoms with van der Waals surface area (Å²) in [6, 6.07) is 26.4. The third-order valence-electron chi connectivity index (χ3n) is 7.06. The van der Waals surface area contributed by atoms with Gasteiger partial charge in [0.05, 0.1) is 0 Å². The number of hydrogen-bond acceptors (Lipinski definition) is 3. The topological polar surface area (TPSA) is 9.72 Å². The van der Waals surface area contributed by atoms with Gasteiger partial charge in [-0.05, 0) is 33.4 Å². The molecule has 0 atom stereocenters. The fraction of sp³-hybridized carbons (Fsp3) is 0.273. The average Bonchev–Trinajstić information content (AvgIpc) is 3.01. The Kier molecular flexibility index (Phi) is 9.46. The van der Waals surface area contributed by atoms with Gasteiger partial charge in [0.15, 0.2) is 0 Å². The SMILES string of the molecule is C=Cc1ccc(CN2CCN(Cc3ccc(C=C)cc3)CCN(Cc3ccc(C=C)cc3)CC2)cc1. The summed E-state index contributed by atoms with van der Waals surface area (Å²) in [6.45, 7) is 21.0. The van der Waals surface area contributed by atoms with E-state index in [4.69, 9.17) is 0 Å². The van der Waals surface area contributed by atoms with Crippen LogP contribution in [0.5, 0.6) is 0 Å². The van der Waals surface area contributed by atoms with E-state index in [1.165, 1.54) is 33.4 Å². The Hall–Kier alpha value is -3.24. The normalized spacial score (nSPS) is 16.0. The van der Waals surface area contributed by atoms with E-state index in [9.17, 15) is 0 Å². The van der Waals surface area contributed by atoms with E-state index >= 15 is 0 Å². The predicted octanol–water partition coefficient (Wildman–Crippen LogP) is 6.44. The lowest BCUT2D eigenvalue weighted by atomic mass is 10.1. The monoisotopic (exact) mass is 477 g/mol. The van der Waals surface area contributed by atoms with Gasteiger partial charge in [0.2, 0.25) is 0 Å². The maximum absolute atomic E-state index is 3.88. The van der Waals surface area contributed by atoms with Crippen molar-refractivity contribution in [1.29, 1.82) is 0 Å². The molecule has 1 saturated heterocycles. The van der Waals surface area contributed by atoms with Crippen molar-refractivity contribution in [3.05, 3.63) is 126 Å². The Bertz CT molecular complexity index is 955. The highest BCUT2D eigenvalue weighted by molar-refractivity contribution is 5.48. The second-order valence-electron chi connectivity index (χ2n) is 9.67. The van der Waals surface area contributed by atoms with Crippen LogP contribution >= 0.6 is 0 Å². The van der Waals surface area contributed by atoms with Crippen LogP contribution in [-0.4, -0.2) is 54.0 Å². The maximum Gasteiger partial charge on any atom is 0.0234 e. The highest BCUT2D eigenvalue weighted by Gasteiger charge is 2.17. The lowest BCUT2D eigenvalue weighted by Crippen LogP contribution is -2.35. The Balaban J connectivity index is 1.47. The third-order valence-corrected chi connectivity index (χ3v) is 7.06. The quantitative estimate of drug-likeness (QED) is 0.351. The van der Waals surface area contributed by atoms with Crippen molar-refractivity contribution in [2.75, 3.05) is 39.3 Å². The first-order valence-electron chi connectivity index (χ1n) is 13.0. The van der Waals surface area contributed by atoms with Crippen LogP contribution in [0.15, 0.2) is 92.5 Å². The second-order valence-corrected chi connectivity index (χ2v) is 9.67. The van der Waals surface area contributed by atoms with E-state index < -0.39 is 0 Å². The molecule has 186 valence electrons. The molecule has 1 aliphatic rings. The van der Waals surface area contributed by atoms with Crippen molar-refractivity contribution in [3.8, 4) is 0 Å². The van der Waals surface area contributed by atoms with Gasteiger partial charge >= 0.3 is 0 Å². The van der Waals surface area contributed by atoms with Gasteiger partial charge in [0.25, 0.3) is 0 Å². The Morgan fingerprint density at radius 1 is 0.417 bits per heavy atom. The van der Waals surface area contributed by atoms with Crippen molar-refractivity contribution >= 4 is 18.2 Å². The van der Waals surface area contributed by atoms with Gasteiger partial charge in [0, 0.05) is 58.9 Å². The lowest BCUT2D eigenvalue weighted by Gasteiger charge is -2.26. The minimum atomic E-state index is 0.973. The molecule has 1 heterocycles. The van der Waals surface area contributed by atoms with Gasteiger partial charge in [0.1, 0.15) is 0 Å². The zero-order valence-corrected chi connectivity index (χ0v) is 21.5. The Morgan fingerprint density at radius 2 is 0.639 bits per heavy atom. The van der Waals surface area contributed by atoms with E-state index in [1.807, 2.05) is 18.2 Å². The molecule has 3 nitrogen and oxygen atoms in total. The molecule has 3 aromatic carbocycles. The molecule has 0 amide bonds. The molecule has 0 spiro atoms. The van der Waals surface area contributed by atoms with Crippen LogP contribution in [0.1, 0.15) is 33.4 Å². The molecule has 0 radical (unpaired) electrons. The first kappa shape index (κ1) is 25.8. The fourth-order valence-electron chi connectivity index (χ4n) is 4.71. The van der Waals surface area contributed by atoms with Crippen molar-refractivity contribution in [3.63, 3.8) is 0 Å². The van der Waals surface area contributed by atoms with Crippen LogP contribution in [0.2, 0.25) is 0 Å². The maximum atomic E-state index is 3.88. The summed E-state index contributed by atoms with van der Waals surface area (Å²) in [5.74, 6) is 0. The molecule has 3 aromatic rings. The highest BCUT2D eigenvalue weighted by Crippen LogP contribution is 2.14. The summed E-state index contributed by atoms with van der Waals surface area (Å²) in [7, 11) is 0. The molecule has 0 N–H and O–H groups in total. The molecule has 1 aliphatic heterocycles. The van der Waals surface area contributed by atoms with Crippen LogP contribution in [0.3, 0.4) is 0 Å². The van der Waals surface area contributed by atoms with Crippen molar-refractivity contribution < 1.29 is 0 Å². The molecule has 1 fully saturated rings. The van der Waals surface area contributed by atoms with E-state index in [-0.39, 0.29) is 0 Å². The molecular weight excluding hydrogens is 438 g/mol. The fourth-order valence-corrected chi connectivity index (χ4v) is 4.71. The van der Waals surface area contributed by atoms with Gasteiger partial charge in [-0.2, -0.15) is 0 Å². The number of benzene rings is 3. The summed E-state index contributed by atoms with van der Waals surface area (Å²) < 4.78 is 0. The van der Waals surface area contributed by atoms with Crippen LogP contribution in [0, 0.1) is 0 Å². The van der Waals surface area contributed by atoms with E-state index in [1.54, 1.807) is 0 Å². The third kappa shape index (κ3) is 7.63. The summed E-state index contributed by atoms with van der Waals surface area (Å²) in [5.41, 5.74) is 7.59. The molecule has 0 aliphatic carbocycles. The van der Waals surface area contributed by atoms with Crippen molar-refractivity contribution in [1.82, 2.24) is 14.7 Å². The second kappa shape index (κ2) is 13.2. The smallest absolute Gasteiger partial charge is 0.0234 e. The van der Waals surface area contributed by atoms with Crippen LogP contribution in [-0.2, 0) is 19.6 Å². The molecule has 3 heteroatoms. The summed E-state index contributed by atoms with van der Waals surface area (Å²) in [4.78, 5) is 7.82. The van der Waals surface area contributed by atoms with E-state index in [0.717, 1.165) is 58.9 Å². The number of hydrogen-bond donors (Lipinski definition) is 0. The minimum absolute atomic E-state index is 0.973. The molecule has 0 bridgehead atoms. The first-order valence-corrected chi connectivity index (χ1v) is 13.0. The van der Waals surface area contributed by atoms with Crippen molar-refractivity contribution in [2.24, 2.45) is 0 Å². The van der Waals surface area contributed by atoms with Crippen molar-refractivity contribution in [2.45, 2.75) is 19.6 Å². The Morgan fingerprint density at radius 3 is 0.833 bits per heavy atom. The number of nitrogens with zero attached hydrogens (tertiary/aromatic N) is 3. The largest absolute Gasteiger partial charge is 0.297 e. The van der Waals surface area contributed by atoms with Gasteiger partial charge in [-0.3, -0.25) is 14.7 Å². The van der Waals surface area contributed by atoms with Gasteiger partial charge < -0.3 is 0 Å². The molecular formula is C33H39N3. The van der Waals surface area contributed by atoms with Crippen LogP contribution in [0.25, 0.3) is 18.2 Å². The molecule has 0 unspecified atom stereocenters. The zero-order chi connectivity index (χ0) is 25.2. The van der Waals surface area contributed by atoms with Crippen LogP contribution < -0.4 is 0 Å². The number of rotatable bonds is 9. The zero-order valence-electron chi connectivity index (χ0n) is 21.5. The lowest BCUT2D eigenvalue weighted by molar-refractivity contribution is 0.209. The van der Waals surface area contributed by atoms with Gasteiger partial charge in [-0.25, -0.2) is 0 Å². The van der Waals surface area contributed by atoms with Gasteiger partial charge in [-0.15, -0.1) is 0 Å². The summed E-state index contributed by atoms with van der Waals surface area (Å²) in [5, 5.41) is 0. The van der Waals surface area contributed by atoms with Crippen LogP contribution in [0.4, 0.5) is 0 Å². The minimum Gasteiger partial charge on any atom is -0.297 e. The molecule has 4 rings (SSSR count). The average molecular weight is 478 g/mol. The Labute approximate surface area is 217 Å². The first-order chi connectivity index (χ1) is 17.6. The van der Waals surface area contributed by atoms with E-state index in [0.29, 0.717) is 0 Å². The summed E-state index contributed by atoms with van der Waals surface area (Å²) in [6.07, 6.45) is 5.72. The molecule has 0 aromatic heterocycles. The van der Waals surface area contributed by atoms with E-state index in [2.05, 4.69) is 107 Å². The molecule has 36 heavy (non-hydrogen) atoms.